The Labute approximate surface area is 128 Å². The number of nitrogens with one attached hydrogen (secondary N) is 1. The molecule has 1 aromatic heterocycles. The van der Waals surface area contributed by atoms with Gasteiger partial charge in [0.25, 0.3) is 0 Å². The minimum atomic E-state index is -0.120. The van der Waals surface area contributed by atoms with Crippen LogP contribution in [-0.2, 0) is 11.2 Å². The number of nitrogens with two attached hydrogens (primary N) is 1. The van der Waals surface area contributed by atoms with Crippen LogP contribution in [0.3, 0.4) is 0 Å². The van der Waals surface area contributed by atoms with E-state index in [2.05, 4.69) is 22.2 Å². The molecule has 0 aliphatic carbocycles. The Kier molecular flexibility index (Phi) is 5.57. The van der Waals surface area contributed by atoms with Crippen molar-refractivity contribution in [1.29, 1.82) is 0 Å². The van der Waals surface area contributed by atoms with E-state index in [-0.39, 0.29) is 5.91 Å². The number of benzene rings is 1. The van der Waals surface area contributed by atoms with Gasteiger partial charge in [-0.25, -0.2) is 9.97 Å². The van der Waals surface area contributed by atoms with Crippen molar-refractivity contribution in [2.75, 3.05) is 16.8 Å². The van der Waals surface area contributed by atoms with Crippen LogP contribution in [-0.4, -0.2) is 21.6 Å². The van der Waals surface area contributed by atoms with Crippen LogP contribution in [0.1, 0.15) is 18.9 Å². The van der Waals surface area contributed by atoms with Crippen molar-refractivity contribution in [3.8, 4) is 0 Å². The highest BCUT2D eigenvalue weighted by molar-refractivity contribution is 7.99. The highest BCUT2D eigenvalue weighted by Crippen LogP contribution is 2.18. The molecule has 0 bridgehead atoms. The summed E-state index contributed by atoms with van der Waals surface area (Å²) in [6, 6.07) is 11.1. The number of aromatic nitrogens is 2. The topological polar surface area (TPSA) is 80.9 Å². The van der Waals surface area contributed by atoms with Gasteiger partial charge >= 0.3 is 0 Å². The average molecular weight is 302 g/mol. The minimum Gasteiger partial charge on any atom is -0.383 e. The summed E-state index contributed by atoms with van der Waals surface area (Å²) in [6.45, 7) is 2.09. The number of thioether (sulfide) groups is 1. The summed E-state index contributed by atoms with van der Waals surface area (Å²) in [5.74, 6) is 1.60. The lowest BCUT2D eigenvalue weighted by Crippen LogP contribution is -2.16. The minimum absolute atomic E-state index is 0.120. The molecule has 1 aromatic carbocycles. The number of nitrogens with zero attached hydrogens (tertiary/aromatic N) is 2. The molecular weight excluding hydrogens is 284 g/mol. The van der Waals surface area contributed by atoms with E-state index in [1.54, 1.807) is 6.07 Å². The summed E-state index contributed by atoms with van der Waals surface area (Å²) in [7, 11) is 0. The summed E-state index contributed by atoms with van der Waals surface area (Å²) in [5.41, 5.74) is 6.70. The summed E-state index contributed by atoms with van der Waals surface area (Å²) in [5, 5.41) is 3.35. The highest BCUT2D eigenvalue weighted by atomic mass is 32.2. The van der Waals surface area contributed by atoms with Crippen molar-refractivity contribution in [2.45, 2.75) is 24.9 Å². The van der Waals surface area contributed by atoms with Gasteiger partial charge in [-0.1, -0.05) is 49.0 Å². The molecule has 0 spiro atoms. The van der Waals surface area contributed by atoms with Crippen LogP contribution in [0.15, 0.2) is 41.6 Å². The van der Waals surface area contributed by atoms with E-state index >= 15 is 0 Å². The fourth-order valence-corrected chi connectivity index (χ4v) is 2.45. The number of anilines is 2. The molecule has 6 heteroatoms. The molecule has 0 saturated carbocycles. The number of nitrogen functional groups attached to an aromatic ring is 1. The molecule has 1 amide bonds. The molecule has 0 atom stereocenters. The summed E-state index contributed by atoms with van der Waals surface area (Å²) in [6.07, 6.45) is 1.33. The van der Waals surface area contributed by atoms with Crippen LogP contribution >= 0.6 is 11.8 Å². The van der Waals surface area contributed by atoms with Gasteiger partial charge in [-0.15, -0.1) is 0 Å². The highest BCUT2D eigenvalue weighted by Gasteiger charge is 2.08. The van der Waals surface area contributed by atoms with E-state index in [9.17, 15) is 4.79 Å². The maximum atomic E-state index is 12.0. The second-order valence-electron chi connectivity index (χ2n) is 4.52. The lowest BCUT2D eigenvalue weighted by Gasteiger charge is -2.07. The predicted molar refractivity (Wildman–Crippen MR) is 86.2 cm³/mol. The number of carbonyl (C=O) groups excluding carboxylic acids is 1. The maximum Gasteiger partial charge on any atom is 0.229 e. The Hall–Kier alpha value is -2.08. The van der Waals surface area contributed by atoms with Gasteiger partial charge in [0.1, 0.15) is 11.6 Å². The van der Waals surface area contributed by atoms with Crippen molar-refractivity contribution >= 4 is 29.3 Å². The first-order chi connectivity index (χ1) is 10.2. The quantitative estimate of drug-likeness (QED) is 0.633. The number of hydrogen-bond donors (Lipinski definition) is 2. The van der Waals surface area contributed by atoms with Crippen LogP contribution in [0.2, 0.25) is 0 Å². The van der Waals surface area contributed by atoms with Crippen molar-refractivity contribution < 1.29 is 4.79 Å². The van der Waals surface area contributed by atoms with Crippen LogP contribution in [0, 0.1) is 0 Å². The molecule has 0 unspecified atom stereocenters. The van der Waals surface area contributed by atoms with Crippen LogP contribution in [0.25, 0.3) is 0 Å². The van der Waals surface area contributed by atoms with E-state index in [0.29, 0.717) is 23.2 Å². The number of rotatable bonds is 6. The molecule has 110 valence electrons. The molecule has 3 N–H and O–H groups in total. The molecule has 0 aliphatic heterocycles. The van der Waals surface area contributed by atoms with Gasteiger partial charge in [0.05, 0.1) is 6.42 Å². The van der Waals surface area contributed by atoms with Gasteiger partial charge in [0, 0.05) is 11.8 Å². The third-order valence-corrected chi connectivity index (χ3v) is 3.69. The van der Waals surface area contributed by atoms with Crippen LogP contribution in [0.4, 0.5) is 11.6 Å². The monoisotopic (exact) mass is 302 g/mol. The third kappa shape index (κ3) is 5.07. The lowest BCUT2D eigenvalue weighted by molar-refractivity contribution is -0.115. The van der Waals surface area contributed by atoms with E-state index < -0.39 is 0 Å². The zero-order valence-electron chi connectivity index (χ0n) is 11.9. The van der Waals surface area contributed by atoms with Gasteiger partial charge in [0.15, 0.2) is 5.16 Å². The standard InChI is InChI=1S/C15H18N4OS/c1-2-8-21-15-17-12(16)10-13(19-15)18-14(20)9-11-6-4-3-5-7-11/h3-7,10H,2,8-9H2,1H3,(H3,16,17,18,19,20). The summed E-state index contributed by atoms with van der Waals surface area (Å²) >= 11 is 1.53. The van der Waals surface area contributed by atoms with Crippen molar-refractivity contribution in [3.05, 3.63) is 42.0 Å². The second-order valence-corrected chi connectivity index (χ2v) is 5.58. The average Bonchev–Trinajstić information content (AvgIpc) is 2.45. The molecule has 5 nitrogen and oxygen atoms in total. The zero-order chi connectivity index (χ0) is 15.1. The predicted octanol–water partition coefficient (Wildman–Crippen LogP) is 2.74. The third-order valence-electron chi connectivity index (χ3n) is 2.64. The molecule has 0 fully saturated rings. The van der Waals surface area contributed by atoms with Gasteiger partial charge in [-0.05, 0) is 12.0 Å². The fourth-order valence-electron chi connectivity index (χ4n) is 1.73. The van der Waals surface area contributed by atoms with Gasteiger partial charge in [-0.2, -0.15) is 0 Å². The van der Waals surface area contributed by atoms with E-state index in [1.807, 2.05) is 30.3 Å². The molecule has 0 saturated heterocycles. The number of amides is 1. The van der Waals surface area contributed by atoms with Gasteiger partial charge in [-0.3, -0.25) is 4.79 Å². The second kappa shape index (κ2) is 7.64. The van der Waals surface area contributed by atoms with Gasteiger partial charge < -0.3 is 11.1 Å². The largest absolute Gasteiger partial charge is 0.383 e. The molecular formula is C15H18N4OS. The molecule has 2 aromatic rings. The SMILES string of the molecule is CCCSc1nc(N)cc(NC(=O)Cc2ccccc2)n1. The first-order valence-corrected chi connectivity index (χ1v) is 7.77. The van der Waals surface area contributed by atoms with Gasteiger partial charge in [0.2, 0.25) is 5.91 Å². The van der Waals surface area contributed by atoms with Crippen LogP contribution in [0.5, 0.6) is 0 Å². The summed E-state index contributed by atoms with van der Waals surface area (Å²) in [4.78, 5) is 20.4. The molecule has 2 rings (SSSR count). The fraction of sp³-hybridized carbons (Fsp3) is 0.267. The Bertz CT molecular complexity index is 604. The molecule has 0 aliphatic rings. The molecule has 21 heavy (non-hydrogen) atoms. The Morgan fingerprint density at radius 1 is 1.29 bits per heavy atom. The number of hydrogen-bond acceptors (Lipinski definition) is 5. The van der Waals surface area contributed by atoms with Crippen molar-refractivity contribution in [3.63, 3.8) is 0 Å². The van der Waals surface area contributed by atoms with Crippen molar-refractivity contribution in [1.82, 2.24) is 9.97 Å². The van der Waals surface area contributed by atoms with E-state index in [0.717, 1.165) is 17.7 Å². The van der Waals surface area contributed by atoms with E-state index in [4.69, 9.17) is 5.73 Å². The van der Waals surface area contributed by atoms with Crippen LogP contribution < -0.4 is 11.1 Å². The summed E-state index contributed by atoms with van der Waals surface area (Å²) < 4.78 is 0. The molecule has 0 radical (unpaired) electrons. The first kappa shape index (κ1) is 15.3. The van der Waals surface area contributed by atoms with Crippen molar-refractivity contribution in [2.24, 2.45) is 0 Å². The normalized spacial score (nSPS) is 10.3. The maximum absolute atomic E-state index is 12.0. The number of carbonyl (C=O) groups is 1. The Balaban J connectivity index is 2.01. The first-order valence-electron chi connectivity index (χ1n) is 6.78. The zero-order valence-corrected chi connectivity index (χ0v) is 12.7. The van der Waals surface area contributed by atoms with E-state index in [1.165, 1.54) is 11.8 Å². The molecule has 1 heterocycles. The lowest BCUT2D eigenvalue weighted by atomic mass is 10.1. The smallest absolute Gasteiger partial charge is 0.229 e. The Morgan fingerprint density at radius 3 is 2.76 bits per heavy atom. The Morgan fingerprint density at radius 2 is 2.05 bits per heavy atom.